The van der Waals surface area contributed by atoms with Crippen LogP contribution in [0.4, 0.5) is 5.69 Å². The van der Waals surface area contributed by atoms with Crippen LogP contribution in [-0.4, -0.2) is 22.8 Å². The number of amides is 1. The number of phenolic OH excluding ortho intramolecular Hbond substituents is 1. The molecular formula is C19H18N2O3S. The fourth-order valence-corrected chi connectivity index (χ4v) is 3.17. The minimum absolute atomic E-state index is 0.0227. The normalized spacial score (nSPS) is 17.1. The van der Waals surface area contributed by atoms with Gasteiger partial charge in [0.2, 0.25) is 0 Å². The van der Waals surface area contributed by atoms with Crippen molar-refractivity contribution in [3.63, 3.8) is 0 Å². The van der Waals surface area contributed by atoms with Crippen molar-refractivity contribution in [2.45, 2.75) is 13.8 Å². The topological polar surface area (TPSA) is 70.9 Å². The summed E-state index contributed by atoms with van der Waals surface area (Å²) in [7, 11) is 0. The summed E-state index contributed by atoms with van der Waals surface area (Å²) >= 11 is 1.24. The van der Waals surface area contributed by atoms with Gasteiger partial charge in [-0.3, -0.25) is 4.79 Å². The van der Waals surface area contributed by atoms with Gasteiger partial charge < -0.3 is 15.2 Å². The molecule has 1 amide bonds. The van der Waals surface area contributed by atoms with Gasteiger partial charge in [-0.2, -0.15) is 0 Å². The number of ether oxygens (including phenoxy) is 1. The average Bonchev–Trinajstić information content (AvgIpc) is 2.93. The van der Waals surface area contributed by atoms with Gasteiger partial charge in [0.15, 0.2) is 16.7 Å². The molecule has 2 N–H and O–H groups in total. The van der Waals surface area contributed by atoms with Crippen LogP contribution in [0.2, 0.25) is 0 Å². The Morgan fingerprint density at radius 1 is 1.24 bits per heavy atom. The van der Waals surface area contributed by atoms with Crippen LogP contribution >= 0.6 is 11.8 Å². The largest absolute Gasteiger partial charge is 0.504 e. The molecule has 1 heterocycles. The third kappa shape index (κ3) is 3.85. The number of aliphatic imine (C=N–C) groups is 1. The Morgan fingerprint density at radius 3 is 2.80 bits per heavy atom. The highest BCUT2D eigenvalue weighted by atomic mass is 32.2. The second-order valence-corrected chi connectivity index (χ2v) is 6.43. The minimum atomic E-state index is -0.237. The summed E-state index contributed by atoms with van der Waals surface area (Å²) in [4.78, 5) is 17.1. The number of carbonyl (C=O) groups is 1. The first-order valence-electron chi connectivity index (χ1n) is 7.88. The Hall–Kier alpha value is -2.73. The molecule has 0 aliphatic carbocycles. The fraction of sp³-hybridized carbons (Fsp3) is 0.158. The van der Waals surface area contributed by atoms with E-state index in [1.54, 1.807) is 24.3 Å². The first-order valence-corrected chi connectivity index (χ1v) is 8.70. The van der Waals surface area contributed by atoms with Crippen molar-refractivity contribution in [2.75, 3.05) is 6.61 Å². The number of thioether (sulfide) groups is 1. The van der Waals surface area contributed by atoms with Gasteiger partial charge in [-0.15, -0.1) is 0 Å². The Morgan fingerprint density at radius 2 is 2.04 bits per heavy atom. The van der Waals surface area contributed by atoms with Crippen LogP contribution in [0.15, 0.2) is 52.4 Å². The lowest BCUT2D eigenvalue weighted by Crippen LogP contribution is -2.19. The molecule has 1 fully saturated rings. The molecular weight excluding hydrogens is 336 g/mol. The van der Waals surface area contributed by atoms with E-state index in [0.717, 1.165) is 11.3 Å². The first-order chi connectivity index (χ1) is 12.1. The molecule has 1 aliphatic rings. The van der Waals surface area contributed by atoms with Crippen LogP contribution in [0.25, 0.3) is 6.08 Å². The summed E-state index contributed by atoms with van der Waals surface area (Å²) in [6.45, 7) is 4.27. The lowest BCUT2D eigenvalue weighted by molar-refractivity contribution is -0.115. The Labute approximate surface area is 150 Å². The molecule has 1 saturated heterocycles. The molecule has 0 spiro atoms. The van der Waals surface area contributed by atoms with Gasteiger partial charge in [0.1, 0.15) is 0 Å². The smallest absolute Gasteiger partial charge is 0.264 e. The van der Waals surface area contributed by atoms with Gasteiger partial charge in [0.25, 0.3) is 5.91 Å². The lowest BCUT2D eigenvalue weighted by atomic mass is 10.1. The SMILES string of the molecule is CCOc1cccc(C=C2SC(=Nc3ccccc3C)NC2=O)c1O. The maximum Gasteiger partial charge on any atom is 0.264 e. The number of aryl methyl sites for hydroxylation is 1. The molecule has 0 bridgehead atoms. The summed E-state index contributed by atoms with van der Waals surface area (Å²) in [6.07, 6.45) is 1.64. The summed E-state index contributed by atoms with van der Waals surface area (Å²) in [6, 6.07) is 12.9. The minimum Gasteiger partial charge on any atom is -0.504 e. The van der Waals surface area contributed by atoms with E-state index in [1.807, 2.05) is 38.1 Å². The number of nitrogens with one attached hydrogen (secondary N) is 1. The Balaban J connectivity index is 1.87. The van der Waals surface area contributed by atoms with Crippen molar-refractivity contribution in [3.05, 3.63) is 58.5 Å². The Kier molecular flexibility index (Phi) is 5.09. The van der Waals surface area contributed by atoms with Crippen LogP contribution in [0, 0.1) is 6.92 Å². The highest BCUT2D eigenvalue weighted by Crippen LogP contribution is 2.34. The lowest BCUT2D eigenvalue weighted by Gasteiger charge is -2.07. The summed E-state index contributed by atoms with van der Waals surface area (Å²) in [5, 5.41) is 13.5. The number of benzene rings is 2. The average molecular weight is 354 g/mol. The first kappa shape index (κ1) is 17.1. The standard InChI is InChI=1S/C19H18N2O3S/c1-3-24-15-10-6-8-13(17(15)22)11-16-18(23)21-19(25-16)20-14-9-5-4-7-12(14)2/h4-11,22H,3H2,1-2H3,(H,20,21,23). The number of rotatable bonds is 4. The predicted octanol–water partition coefficient (Wildman–Crippen LogP) is 3.99. The second kappa shape index (κ2) is 7.44. The molecule has 1 aliphatic heterocycles. The number of carbonyl (C=O) groups excluding carboxylic acids is 1. The van der Waals surface area contributed by atoms with E-state index in [2.05, 4.69) is 10.3 Å². The van der Waals surface area contributed by atoms with Crippen molar-refractivity contribution < 1.29 is 14.6 Å². The van der Waals surface area contributed by atoms with E-state index < -0.39 is 0 Å². The molecule has 0 atom stereocenters. The molecule has 0 saturated carbocycles. The van der Waals surface area contributed by atoms with Crippen molar-refractivity contribution in [1.29, 1.82) is 0 Å². The van der Waals surface area contributed by atoms with Crippen molar-refractivity contribution in [1.82, 2.24) is 5.32 Å². The van der Waals surface area contributed by atoms with E-state index in [-0.39, 0.29) is 11.7 Å². The third-order valence-corrected chi connectivity index (χ3v) is 4.51. The molecule has 0 aromatic heterocycles. The van der Waals surface area contributed by atoms with Crippen molar-refractivity contribution >= 4 is 34.6 Å². The van der Waals surface area contributed by atoms with Crippen LogP contribution in [-0.2, 0) is 4.79 Å². The molecule has 3 rings (SSSR count). The fourth-order valence-electron chi connectivity index (χ4n) is 2.35. The molecule has 2 aromatic rings. The molecule has 2 aromatic carbocycles. The van der Waals surface area contributed by atoms with Gasteiger partial charge in [-0.1, -0.05) is 30.3 Å². The predicted molar refractivity (Wildman–Crippen MR) is 101 cm³/mol. The van der Waals surface area contributed by atoms with E-state index >= 15 is 0 Å². The maximum absolute atomic E-state index is 12.2. The van der Waals surface area contributed by atoms with Gasteiger partial charge >= 0.3 is 0 Å². The van der Waals surface area contributed by atoms with Gasteiger partial charge in [0.05, 0.1) is 17.2 Å². The van der Waals surface area contributed by atoms with Gasteiger partial charge in [-0.05, 0) is 49.4 Å². The molecule has 25 heavy (non-hydrogen) atoms. The van der Waals surface area contributed by atoms with E-state index in [1.165, 1.54) is 11.8 Å². The van der Waals surface area contributed by atoms with Gasteiger partial charge in [0, 0.05) is 5.56 Å². The van der Waals surface area contributed by atoms with E-state index in [9.17, 15) is 9.90 Å². The number of para-hydroxylation sites is 2. The zero-order valence-electron chi connectivity index (χ0n) is 13.9. The van der Waals surface area contributed by atoms with Crippen LogP contribution in [0.1, 0.15) is 18.1 Å². The Bertz CT molecular complexity index is 875. The summed E-state index contributed by atoms with van der Waals surface area (Å²) < 4.78 is 5.37. The van der Waals surface area contributed by atoms with Gasteiger partial charge in [-0.25, -0.2) is 4.99 Å². The molecule has 5 nitrogen and oxygen atoms in total. The monoisotopic (exact) mass is 354 g/mol. The van der Waals surface area contributed by atoms with Crippen LogP contribution in [0.5, 0.6) is 11.5 Å². The highest BCUT2D eigenvalue weighted by molar-refractivity contribution is 8.18. The quantitative estimate of drug-likeness (QED) is 0.815. The number of nitrogens with zero attached hydrogens (tertiary/aromatic N) is 1. The van der Waals surface area contributed by atoms with E-state index in [0.29, 0.717) is 28.0 Å². The second-order valence-electron chi connectivity index (χ2n) is 5.40. The van der Waals surface area contributed by atoms with Crippen LogP contribution in [0.3, 0.4) is 0 Å². The van der Waals surface area contributed by atoms with Crippen LogP contribution < -0.4 is 10.1 Å². The summed E-state index contributed by atoms with van der Waals surface area (Å²) in [5.41, 5.74) is 2.37. The molecule has 0 radical (unpaired) electrons. The maximum atomic E-state index is 12.2. The summed E-state index contributed by atoms with van der Waals surface area (Å²) in [5.74, 6) is 0.183. The zero-order valence-corrected chi connectivity index (χ0v) is 14.8. The number of hydrogen-bond acceptors (Lipinski definition) is 5. The van der Waals surface area contributed by atoms with E-state index in [4.69, 9.17) is 4.74 Å². The molecule has 128 valence electrons. The number of phenols is 1. The highest BCUT2D eigenvalue weighted by Gasteiger charge is 2.24. The number of amidine groups is 1. The molecule has 0 unspecified atom stereocenters. The zero-order chi connectivity index (χ0) is 17.8. The number of aromatic hydroxyl groups is 1. The van der Waals surface area contributed by atoms with Crippen molar-refractivity contribution in [3.8, 4) is 11.5 Å². The van der Waals surface area contributed by atoms with Crippen molar-refractivity contribution in [2.24, 2.45) is 4.99 Å². The third-order valence-electron chi connectivity index (χ3n) is 3.60. The molecule has 6 heteroatoms. The number of hydrogen-bond donors (Lipinski definition) is 2.